The van der Waals surface area contributed by atoms with Gasteiger partial charge in [-0.2, -0.15) is 10.2 Å². The average Bonchev–Trinajstić information content (AvgIpc) is 3.04. The lowest BCUT2D eigenvalue weighted by Crippen LogP contribution is -2.36. The van der Waals surface area contributed by atoms with E-state index in [9.17, 15) is 10.1 Å². The molecule has 0 unspecified atom stereocenters. The van der Waals surface area contributed by atoms with Gasteiger partial charge in [-0.3, -0.25) is 4.79 Å². The Kier molecular flexibility index (Phi) is 4.66. The maximum absolute atomic E-state index is 11.0. The quantitative estimate of drug-likeness (QED) is 0.900. The van der Waals surface area contributed by atoms with Crippen molar-refractivity contribution in [3.05, 3.63) is 41.9 Å². The molecule has 124 valence electrons. The Hall–Kier alpha value is -3.01. The number of aromatic nitrogens is 1. The Morgan fingerprint density at radius 2 is 2.08 bits per heavy atom. The molecule has 1 aromatic carbocycles. The van der Waals surface area contributed by atoms with Gasteiger partial charge in [0, 0.05) is 13.1 Å². The molecule has 2 heterocycles. The van der Waals surface area contributed by atoms with Crippen LogP contribution in [0.1, 0.15) is 24.4 Å². The maximum Gasteiger partial charge on any atom is 0.306 e. The highest BCUT2D eigenvalue weighted by Gasteiger charge is 2.28. The normalized spacial score (nSPS) is 15.0. The minimum absolute atomic E-state index is 0.129. The van der Waals surface area contributed by atoms with Crippen LogP contribution in [0.25, 0.3) is 0 Å². The summed E-state index contributed by atoms with van der Waals surface area (Å²) in [5, 5.41) is 18.3. The maximum atomic E-state index is 11.0. The molecule has 7 nitrogen and oxygen atoms in total. The van der Waals surface area contributed by atoms with Crippen molar-refractivity contribution in [1.29, 1.82) is 5.26 Å². The lowest BCUT2D eigenvalue weighted by molar-refractivity contribution is -0.142. The van der Waals surface area contributed by atoms with Crippen molar-refractivity contribution in [2.75, 3.05) is 18.0 Å². The molecule has 0 spiro atoms. The third-order valence-corrected chi connectivity index (χ3v) is 4.00. The second kappa shape index (κ2) is 7.04. The number of carboxylic acid groups (broad SMARTS) is 1. The first-order chi connectivity index (χ1) is 11.7. The number of nitrogens with zero attached hydrogens (tertiary/aromatic N) is 3. The molecule has 0 atom stereocenters. The minimum atomic E-state index is -0.773. The van der Waals surface area contributed by atoms with Gasteiger partial charge >= 0.3 is 5.97 Å². The van der Waals surface area contributed by atoms with Crippen LogP contribution in [0.3, 0.4) is 0 Å². The first kappa shape index (κ1) is 15.9. The van der Waals surface area contributed by atoms with E-state index in [-0.39, 0.29) is 18.2 Å². The molecule has 24 heavy (non-hydrogen) atoms. The van der Waals surface area contributed by atoms with Crippen molar-refractivity contribution in [2.45, 2.75) is 19.4 Å². The summed E-state index contributed by atoms with van der Waals surface area (Å²) in [6, 6.07) is 11.3. The number of ether oxygens (including phenoxy) is 1. The fourth-order valence-corrected chi connectivity index (χ4v) is 2.70. The van der Waals surface area contributed by atoms with Crippen LogP contribution in [0.2, 0.25) is 0 Å². The molecule has 1 saturated heterocycles. The van der Waals surface area contributed by atoms with Gasteiger partial charge in [0.15, 0.2) is 6.61 Å². The van der Waals surface area contributed by atoms with Gasteiger partial charge in [-0.25, -0.2) is 0 Å². The van der Waals surface area contributed by atoms with Crippen molar-refractivity contribution < 1.29 is 19.1 Å². The van der Waals surface area contributed by atoms with Gasteiger partial charge in [0.25, 0.3) is 0 Å². The van der Waals surface area contributed by atoms with Gasteiger partial charge in [0.1, 0.15) is 11.8 Å². The number of aliphatic carboxylic acids is 1. The number of rotatable bonds is 5. The van der Waals surface area contributed by atoms with E-state index in [4.69, 9.17) is 14.3 Å². The number of hydrogen-bond donors (Lipinski definition) is 1. The molecule has 1 aliphatic heterocycles. The zero-order valence-electron chi connectivity index (χ0n) is 13.0. The van der Waals surface area contributed by atoms with Crippen LogP contribution in [-0.4, -0.2) is 29.1 Å². The summed E-state index contributed by atoms with van der Waals surface area (Å²) in [5.41, 5.74) is 0.204. The molecule has 0 amide bonds. The van der Waals surface area contributed by atoms with Crippen molar-refractivity contribution >= 4 is 11.9 Å². The highest BCUT2D eigenvalue weighted by Crippen LogP contribution is 2.27. The van der Waals surface area contributed by atoms with E-state index < -0.39 is 5.97 Å². The Labute approximate surface area is 139 Å². The summed E-state index contributed by atoms with van der Waals surface area (Å²) in [6.07, 6.45) is 1.05. The average molecular weight is 327 g/mol. The topological polar surface area (TPSA) is 99.6 Å². The van der Waals surface area contributed by atoms with E-state index in [1.165, 1.54) is 0 Å². The van der Waals surface area contributed by atoms with Crippen molar-refractivity contribution in [3.8, 4) is 11.8 Å². The summed E-state index contributed by atoms with van der Waals surface area (Å²) < 4.78 is 11.3. The first-order valence-corrected chi connectivity index (χ1v) is 7.73. The number of hydrogen-bond acceptors (Lipinski definition) is 6. The third kappa shape index (κ3) is 3.49. The molecule has 2 aromatic rings. The van der Waals surface area contributed by atoms with E-state index in [2.05, 4.69) is 4.98 Å². The molecule has 3 rings (SSSR count). The van der Waals surface area contributed by atoms with Crippen LogP contribution in [-0.2, 0) is 11.4 Å². The van der Waals surface area contributed by atoms with Crippen molar-refractivity contribution in [1.82, 2.24) is 4.98 Å². The SMILES string of the molecule is N#Cc1nc(COc2ccccc2)oc1N1CCC(C(=O)O)CC1. The van der Waals surface area contributed by atoms with E-state index in [0.717, 1.165) is 0 Å². The predicted molar refractivity (Wildman–Crippen MR) is 84.6 cm³/mol. The van der Waals surface area contributed by atoms with Crippen LogP contribution in [0.5, 0.6) is 5.75 Å². The van der Waals surface area contributed by atoms with E-state index in [0.29, 0.717) is 43.5 Å². The molecule has 1 aromatic heterocycles. The standard InChI is InChI=1S/C17H17N3O4/c18-10-14-16(20-8-6-12(7-9-20)17(21)22)24-15(19-14)11-23-13-4-2-1-3-5-13/h1-5,12H,6-9,11H2,(H,21,22). The molecular weight excluding hydrogens is 310 g/mol. The second-order valence-electron chi connectivity index (χ2n) is 5.57. The molecule has 1 aliphatic rings. The van der Waals surface area contributed by atoms with Gasteiger partial charge in [0.05, 0.1) is 5.92 Å². The molecule has 1 fully saturated rings. The van der Waals surface area contributed by atoms with Gasteiger partial charge in [-0.05, 0) is 25.0 Å². The highest BCUT2D eigenvalue weighted by molar-refractivity contribution is 5.70. The number of oxazole rings is 1. The van der Waals surface area contributed by atoms with Gasteiger partial charge < -0.3 is 19.2 Å². The zero-order chi connectivity index (χ0) is 16.9. The second-order valence-corrected chi connectivity index (χ2v) is 5.57. The van der Waals surface area contributed by atoms with E-state index in [1.807, 2.05) is 41.3 Å². The van der Waals surface area contributed by atoms with Gasteiger partial charge in [-0.15, -0.1) is 0 Å². The van der Waals surface area contributed by atoms with Crippen molar-refractivity contribution in [2.24, 2.45) is 5.92 Å². The number of benzene rings is 1. The van der Waals surface area contributed by atoms with Crippen molar-refractivity contribution in [3.63, 3.8) is 0 Å². The van der Waals surface area contributed by atoms with Crippen LogP contribution >= 0.6 is 0 Å². The molecule has 1 N–H and O–H groups in total. The molecule has 0 saturated carbocycles. The van der Waals surface area contributed by atoms with Crippen LogP contribution in [0.15, 0.2) is 34.7 Å². The Morgan fingerprint density at radius 1 is 1.38 bits per heavy atom. The summed E-state index contributed by atoms with van der Waals surface area (Å²) in [4.78, 5) is 17.1. The number of para-hydroxylation sites is 1. The number of carbonyl (C=O) groups is 1. The van der Waals surface area contributed by atoms with E-state index >= 15 is 0 Å². The highest BCUT2D eigenvalue weighted by atomic mass is 16.5. The number of nitriles is 1. The largest absolute Gasteiger partial charge is 0.484 e. The van der Waals surface area contributed by atoms with E-state index in [1.54, 1.807) is 0 Å². The molecule has 0 aliphatic carbocycles. The van der Waals surface area contributed by atoms with Crippen LogP contribution in [0, 0.1) is 17.2 Å². The third-order valence-electron chi connectivity index (χ3n) is 4.00. The molecule has 0 bridgehead atoms. The van der Waals surface area contributed by atoms with Gasteiger partial charge in [0.2, 0.25) is 17.5 Å². The molecular formula is C17H17N3O4. The Morgan fingerprint density at radius 3 is 2.71 bits per heavy atom. The predicted octanol–water partition coefficient (Wildman–Crippen LogP) is 2.43. The smallest absolute Gasteiger partial charge is 0.306 e. The fraction of sp³-hybridized carbons (Fsp3) is 0.353. The summed E-state index contributed by atoms with van der Waals surface area (Å²) >= 11 is 0. The summed E-state index contributed by atoms with van der Waals surface area (Å²) in [6.45, 7) is 1.18. The van der Waals surface area contributed by atoms with Crippen LogP contribution < -0.4 is 9.64 Å². The Bertz CT molecular complexity index is 743. The minimum Gasteiger partial charge on any atom is -0.484 e. The van der Waals surface area contributed by atoms with Gasteiger partial charge in [-0.1, -0.05) is 18.2 Å². The zero-order valence-corrected chi connectivity index (χ0v) is 13.0. The number of piperidine rings is 1. The monoisotopic (exact) mass is 327 g/mol. The first-order valence-electron chi connectivity index (χ1n) is 7.73. The molecule has 7 heteroatoms. The lowest BCUT2D eigenvalue weighted by Gasteiger charge is -2.29. The number of carboxylic acids is 1. The molecule has 0 radical (unpaired) electrons. The van der Waals surface area contributed by atoms with Crippen LogP contribution in [0.4, 0.5) is 5.88 Å². The summed E-state index contributed by atoms with van der Waals surface area (Å²) in [7, 11) is 0. The lowest BCUT2D eigenvalue weighted by atomic mass is 9.97. The Balaban J connectivity index is 1.67. The fourth-order valence-electron chi connectivity index (χ4n) is 2.70. The summed E-state index contributed by atoms with van der Waals surface area (Å²) in [5.74, 6) is 0.303. The number of anilines is 1.